The summed E-state index contributed by atoms with van der Waals surface area (Å²) in [5.74, 6) is 0.753. The van der Waals surface area contributed by atoms with Crippen LogP contribution in [0.15, 0.2) is 29.2 Å². The van der Waals surface area contributed by atoms with Gasteiger partial charge in [-0.3, -0.25) is 0 Å². The van der Waals surface area contributed by atoms with E-state index in [1.54, 1.807) is 6.92 Å². The van der Waals surface area contributed by atoms with Crippen LogP contribution in [0.2, 0.25) is 0 Å². The molecule has 90 valence electrons. The second kappa shape index (κ2) is 5.70. The molecule has 1 aromatic carbocycles. The van der Waals surface area contributed by atoms with E-state index in [1.165, 1.54) is 18.0 Å². The van der Waals surface area contributed by atoms with Crippen LogP contribution in [0, 0.1) is 0 Å². The first-order valence-corrected chi connectivity index (χ1v) is 8.01. The van der Waals surface area contributed by atoms with Crippen molar-refractivity contribution in [3.8, 4) is 0 Å². The van der Waals surface area contributed by atoms with Crippen molar-refractivity contribution >= 4 is 21.6 Å². The van der Waals surface area contributed by atoms with Crippen molar-refractivity contribution in [2.45, 2.75) is 17.9 Å². The van der Waals surface area contributed by atoms with Crippen LogP contribution in [0.25, 0.3) is 0 Å². The fourth-order valence-corrected chi connectivity index (χ4v) is 3.26. The number of benzene rings is 1. The Kier molecular flexibility index (Phi) is 4.83. The van der Waals surface area contributed by atoms with E-state index in [0.29, 0.717) is 5.75 Å². The number of hydrogen-bond acceptors (Lipinski definition) is 4. The van der Waals surface area contributed by atoms with Crippen LogP contribution in [0.3, 0.4) is 0 Å². The lowest BCUT2D eigenvalue weighted by Gasteiger charge is -2.05. The summed E-state index contributed by atoms with van der Waals surface area (Å²) in [5, 5.41) is 9.31. The number of rotatable bonds is 5. The topological polar surface area (TPSA) is 54.4 Å². The third-order valence-electron chi connectivity index (χ3n) is 2.09. The Labute approximate surface area is 101 Å². The van der Waals surface area contributed by atoms with Crippen molar-refractivity contribution in [1.29, 1.82) is 0 Å². The number of thioether (sulfide) groups is 1. The van der Waals surface area contributed by atoms with Gasteiger partial charge >= 0.3 is 0 Å². The Bertz CT molecular complexity index is 421. The molecule has 0 aliphatic rings. The molecular formula is C11H16O3S2. The quantitative estimate of drug-likeness (QED) is 0.821. The zero-order valence-corrected chi connectivity index (χ0v) is 11.0. The molecule has 0 unspecified atom stereocenters. The highest BCUT2D eigenvalue weighted by Crippen LogP contribution is 2.20. The molecule has 3 nitrogen and oxygen atoms in total. The first kappa shape index (κ1) is 13.5. The molecular weight excluding hydrogens is 244 g/mol. The van der Waals surface area contributed by atoms with Gasteiger partial charge in [0.2, 0.25) is 0 Å². The van der Waals surface area contributed by atoms with E-state index < -0.39 is 15.9 Å². The van der Waals surface area contributed by atoms with Gasteiger partial charge in [0.05, 0.1) is 11.9 Å². The van der Waals surface area contributed by atoms with Crippen molar-refractivity contribution in [3.63, 3.8) is 0 Å². The molecule has 1 aromatic rings. The predicted molar refractivity (Wildman–Crippen MR) is 67.5 cm³/mol. The van der Waals surface area contributed by atoms with Crippen LogP contribution >= 0.6 is 11.8 Å². The lowest BCUT2D eigenvalue weighted by atomic mass is 10.1. The maximum Gasteiger partial charge on any atom is 0.148 e. The summed E-state index contributed by atoms with van der Waals surface area (Å²) in [4.78, 5) is 1.02. The fourth-order valence-electron chi connectivity index (χ4n) is 1.15. The first-order valence-electron chi connectivity index (χ1n) is 4.97. The third kappa shape index (κ3) is 5.01. The maximum atomic E-state index is 10.9. The van der Waals surface area contributed by atoms with E-state index in [0.717, 1.165) is 10.5 Å². The summed E-state index contributed by atoms with van der Waals surface area (Å²) in [6.45, 7) is 1.71. The molecule has 0 aliphatic carbocycles. The third-order valence-corrected chi connectivity index (χ3v) is 4.30. The van der Waals surface area contributed by atoms with Gasteiger partial charge < -0.3 is 5.11 Å². The van der Waals surface area contributed by atoms with Crippen LogP contribution in [-0.4, -0.2) is 31.3 Å². The Morgan fingerprint density at radius 3 is 2.31 bits per heavy atom. The molecule has 5 heteroatoms. The second-order valence-corrected chi connectivity index (χ2v) is 7.15. The lowest BCUT2D eigenvalue weighted by Crippen LogP contribution is -2.04. The van der Waals surface area contributed by atoms with Gasteiger partial charge in [0.1, 0.15) is 9.84 Å². The molecule has 1 rings (SSSR count). The molecule has 0 aliphatic heterocycles. The van der Waals surface area contributed by atoms with Gasteiger partial charge in [-0.25, -0.2) is 8.42 Å². The Morgan fingerprint density at radius 1 is 1.31 bits per heavy atom. The molecule has 0 heterocycles. The van der Waals surface area contributed by atoms with Crippen molar-refractivity contribution in [1.82, 2.24) is 0 Å². The summed E-state index contributed by atoms with van der Waals surface area (Å²) in [6.07, 6.45) is 0.777. The van der Waals surface area contributed by atoms with E-state index in [2.05, 4.69) is 0 Å². The van der Waals surface area contributed by atoms with Crippen LogP contribution in [-0.2, 0) is 9.84 Å². The second-order valence-electron chi connectivity index (χ2n) is 3.72. The predicted octanol–water partition coefficient (Wildman–Crippen LogP) is 1.88. The monoisotopic (exact) mass is 260 g/mol. The van der Waals surface area contributed by atoms with Gasteiger partial charge in [-0.1, -0.05) is 12.1 Å². The van der Waals surface area contributed by atoms with Crippen molar-refractivity contribution < 1.29 is 13.5 Å². The molecule has 1 atom stereocenters. The Morgan fingerprint density at radius 2 is 1.88 bits per heavy atom. The minimum absolute atomic E-state index is 0.190. The number of aliphatic hydroxyl groups is 1. The zero-order chi connectivity index (χ0) is 12.2. The Balaban J connectivity index is 2.50. The molecule has 0 radical (unpaired) electrons. The average molecular weight is 260 g/mol. The highest BCUT2D eigenvalue weighted by atomic mass is 32.2. The number of aliphatic hydroxyl groups excluding tert-OH is 1. The lowest BCUT2D eigenvalue weighted by molar-refractivity contribution is 0.199. The van der Waals surface area contributed by atoms with Crippen molar-refractivity contribution in [2.24, 2.45) is 0 Å². The van der Waals surface area contributed by atoms with Crippen molar-refractivity contribution in [3.05, 3.63) is 29.8 Å². The average Bonchev–Trinajstić information content (AvgIpc) is 2.16. The van der Waals surface area contributed by atoms with Crippen LogP contribution in [0.5, 0.6) is 0 Å². The van der Waals surface area contributed by atoms with Gasteiger partial charge in [0.15, 0.2) is 0 Å². The molecule has 16 heavy (non-hydrogen) atoms. The zero-order valence-electron chi connectivity index (χ0n) is 9.38. The minimum atomic E-state index is -2.88. The van der Waals surface area contributed by atoms with Gasteiger partial charge in [-0.2, -0.15) is 0 Å². The summed E-state index contributed by atoms with van der Waals surface area (Å²) in [6, 6.07) is 7.50. The molecule has 0 saturated carbocycles. The Hall–Kier alpha value is -0.520. The minimum Gasteiger partial charge on any atom is -0.389 e. The highest BCUT2D eigenvalue weighted by Gasteiger charge is 2.03. The molecule has 0 aromatic heterocycles. The number of hydrogen-bond donors (Lipinski definition) is 1. The standard InChI is InChI=1S/C11H16O3S2/c1-9(12)10-3-5-11(6-4-10)15-7-8-16(2,13)14/h3-6,9,12H,7-8H2,1-2H3/t9-/m1/s1. The largest absolute Gasteiger partial charge is 0.389 e. The molecule has 0 fully saturated rings. The summed E-state index contributed by atoms with van der Waals surface area (Å²) in [5.41, 5.74) is 0.868. The van der Waals surface area contributed by atoms with E-state index in [1.807, 2.05) is 24.3 Å². The molecule has 0 saturated heterocycles. The van der Waals surface area contributed by atoms with Gasteiger partial charge in [-0.15, -0.1) is 11.8 Å². The highest BCUT2D eigenvalue weighted by molar-refractivity contribution is 8.00. The van der Waals surface area contributed by atoms with Gasteiger partial charge in [0, 0.05) is 16.9 Å². The SMILES string of the molecule is C[C@@H](O)c1ccc(SCCS(C)(=O)=O)cc1. The first-order chi connectivity index (χ1) is 7.38. The maximum absolute atomic E-state index is 10.9. The van der Waals surface area contributed by atoms with Gasteiger partial charge in [-0.05, 0) is 24.6 Å². The molecule has 0 spiro atoms. The fraction of sp³-hybridized carbons (Fsp3) is 0.455. The molecule has 1 N–H and O–H groups in total. The van der Waals surface area contributed by atoms with E-state index in [9.17, 15) is 13.5 Å². The van der Waals surface area contributed by atoms with Crippen LogP contribution in [0.4, 0.5) is 0 Å². The van der Waals surface area contributed by atoms with E-state index in [4.69, 9.17) is 0 Å². The van der Waals surface area contributed by atoms with E-state index >= 15 is 0 Å². The summed E-state index contributed by atoms with van der Waals surface area (Å²) >= 11 is 1.51. The van der Waals surface area contributed by atoms with Crippen LogP contribution in [0.1, 0.15) is 18.6 Å². The summed E-state index contributed by atoms with van der Waals surface area (Å²) < 4.78 is 21.8. The molecule has 0 amide bonds. The van der Waals surface area contributed by atoms with Crippen LogP contribution < -0.4 is 0 Å². The van der Waals surface area contributed by atoms with Gasteiger partial charge in [0.25, 0.3) is 0 Å². The smallest absolute Gasteiger partial charge is 0.148 e. The number of sulfone groups is 1. The summed E-state index contributed by atoms with van der Waals surface area (Å²) in [7, 11) is -2.88. The molecule has 0 bridgehead atoms. The van der Waals surface area contributed by atoms with Crippen molar-refractivity contribution in [2.75, 3.05) is 17.8 Å². The normalized spacial score (nSPS) is 13.7. The van der Waals surface area contributed by atoms with E-state index in [-0.39, 0.29) is 5.75 Å².